The molecule has 1 aromatic carbocycles. The van der Waals surface area contributed by atoms with Gasteiger partial charge in [-0.3, -0.25) is 0 Å². The fourth-order valence-corrected chi connectivity index (χ4v) is 2.80. The molecule has 1 saturated heterocycles. The van der Waals surface area contributed by atoms with Crippen LogP contribution in [0.25, 0.3) is 11.5 Å². The summed E-state index contributed by atoms with van der Waals surface area (Å²) in [6.45, 7) is 0.682. The molecule has 1 unspecified atom stereocenters. The maximum Gasteiger partial charge on any atom is 0.261 e. The number of phenols is 1. The molecular weight excluding hydrogens is 288 g/mol. The minimum atomic E-state index is -0.155. The Morgan fingerprint density at radius 2 is 2.32 bits per heavy atom. The monoisotopic (exact) mass is 298 g/mol. The second-order valence-electron chi connectivity index (χ2n) is 4.05. The average Bonchev–Trinajstić information content (AvgIpc) is 2.92. The van der Waals surface area contributed by atoms with Gasteiger partial charge < -0.3 is 14.4 Å². The summed E-state index contributed by atoms with van der Waals surface area (Å²) in [6.07, 6.45) is -0.155. The predicted octanol–water partition coefficient (Wildman–Crippen LogP) is 2.90. The third-order valence-corrected chi connectivity index (χ3v) is 3.96. The molecule has 3 rings (SSSR count). The molecule has 0 radical (unpaired) electrons. The molecule has 1 N–H and O–H groups in total. The number of ether oxygens (including phenoxy) is 1. The van der Waals surface area contributed by atoms with Gasteiger partial charge in [-0.15, -0.1) is 0 Å². The number of aromatic hydroxyl groups is 1. The molecule has 7 heteroatoms. The summed E-state index contributed by atoms with van der Waals surface area (Å²) >= 11 is 7.68. The van der Waals surface area contributed by atoms with Gasteiger partial charge in [0.25, 0.3) is 5.89 Å². The number of halogens is 1. The minimum absolute atomic E-state index is 0.0542. The van der Waals surface area contributed by atoms with Crippen LogP contribution in [0.1, 0.15) is 11.9 Å². The van der Waals surface area contributed by atoms with Gasteiger partial charge in [-0.1, -0.05) is 16.8 Å². The third-order valence-electron chi connectivity index (χ3n) is 2.73. The van der Waals surface area contributed by atoms with Crippen molar-refractivity contribution in [1.82, 2.24) is 10.1 Å². The number of hydrogen-bond acceptors (Lipinski definition) is 6. The topological polar surface area (TPSA) is 68.4 Å². The number of benzene rings is 1. The molecule has 0 amide bonds. The zero-order chi connectivity index (χ0) is 13.2. The van der Waals surface area contributed by atoms with Gasteiger partial charge in [-0.2, -0.15) is 16.7 Å². The lowest BCUT2D eigenvalue weighted by Crippen LogP contribution is -2.16. The quantitative estimate of drug-likeness (QED) is 0.919. The van der Waals surface area contributed by atoms with Crippen LogP contribution < -0.4 is 0 Å². The van der Waals surface area contributed by atoms with Crippen molar-refractivity contribution < 1.29 is 14.4 Å². The highest BCUT2D eigenvalue weighted by molar-refractivity contribution is 7.99. The van der Waals surface area contributed by atoms with E-state index in [0.717, 1.165) is 11.5 Å². The van der Waals surface area contributed by atoms with Crippen LogP contribution in [0.15, 0.2) is 22.7 Å². The van der Waals surface area contributed by atoms with Crippen LogP contribution in [0, 0.1) is 0 Å². The molecule has 100 valence electrons. The van der Waals surface area contributed by atoms with Crippen molar-refractivity contribution in [2.45, 2.75) is 6.10 Å². The van der Waals surface area contributed by atoms with Gasteiger partial charge in [-0.25, -0.2) is 0 Å². The summed E-state index contributed by atoms with van der Waals surface area (Å²) in [6, 6.07) is 4.68. The van der Waals surface area contributed by atoms with Crippen LogP contribution in [0.5, 0.6) is 5.75 Å². The standard InChI is InChI=1S/C12H11ClN2O3S/c13-7-1-2-9(16)8(5-7)12-14-11(15-18-12)10-6-19-4-3-17-10/h1-2,5,10,16H,3-4,6H2. The smallest absolute Gasteiger partial charge is 0.261 e. The first-order valence-electron chi connectivity index (χ1n) is 5.76. The van der Waals surface area contributed by atoms with Crippen molar-refractivity contribution in [3.8, 4) is 17.2 Å². The molecule has 2 aromatic rings. The molecule has 1 fully saturated rings. The highest BCUT2D eigenvalue weighted by Gasteiger charge is 2.23. The van der Waals surface area contributed by atoms with E-state index in [2.05, 4.69) is 10.1 Å². The molecule has 1 aliphatic rings. The van der Waals surface area contributed by atoms with Crippen LogP contribution in [-0.4, -0.2) is 33.4 Å². The Hall–Kier alpha value is -1.24. The van der Waals surface area contributed by atoms with Crippen LogP contribution in [0.3, 0.4) is 0 Å². The number of phenolic OH excluding ortho intramolecular Hbond substituents is 1. The van der Waals surface area contributed by atoms with Crippen molar-refractivity contribution in [3.05, 3.63) is 29.0 Å². The van der Waals surface area contributed by atoms with Gasteiger partial charge in [-0.05, 0) is 18.2 Å². The summed E-state index contributed by atoms with van der Waals surface area (Å²) in [5, 5.41) is 14.2. The van der Waals surface area contributed by atoms with Gasteiger partial charge in [0.2, 0.25) is 5.82 Å². The van der Waals surface area contributed by atoms with E-state index in [-0.39, 0.29) is 17.7 Å². The summed E-state index contributed by atoms with van der Waals surface area (Å²) < 4.78 is 10.7. The lowest BCUT2D eigenvalue weighted by atomic mass is 10.2. The SMILES string of the molecule is Oc1ccc(Cl)cc1-c1nc(C2CSCCO2)no1. The molecule has 0 bridgehead atoms. The molecule has 2 heterocycles. The van der Waals surface area contributed by atoms with E-state index in [1.165, 1.54) is 6.07 Å². The Labute approximate surface area is 118 Å². The van der Waals surface area contributed by atoms with E-state index in [1.807, 2.05) is 0 Å². The first kappa shape index (κ1) is 12.8. The minimum Gasteiger partial charge on any atom is -0.507 e. The van der Waals surface area contributed by atoms with E-state index in [1.54, 1.807) is 23.9 Å². The normalized spacial score (nSPS) is 19.5. The summed E-state index contributed by atoms with van der Waals surface area (Å²) in [5.74, 6) is 2.59. The molecule has 0 spiro atoms. The van der Waals surface area contributed by atoms with Gasteiger partial charge in [0.15, 0.2) is 0 Å². The van der Waals surface area contributed by atoms with Crippen LogP contribution >= 0.6 is 23.4 Å². The second-order valence-corrected chi connectivity index (χ2v) is 5.64. The number of rotatable bonds is 2. The zero-order valence-electron chi connectivity index (χ0n) is 9.88. The van der Waals surface area contributed by atoms with Crippen LogP contribution in [-0.2, 0) is 4.74 Å². The maximum absolute atomic E-state index is 9.79. The number of thioether (sulfide) groups is 1. The lowest BCUT2D eigenvalue weighted by molar-refractivity contribution is 0.0677. The summed E-state index contributed by atoms with van der Waals surface area (Å²) in [4.78, 5) is 4.27. The number of aromatic nitrogens is 2. The Morgan fingerprint density at radius 1 is 1.42 bits per heavy atom. The third kappa shape index (κ3) is 2.70. The van der Waals surface area contributed by atoms with E-state index in [0.29, 0.717) is 23.0 Å². The first-order valence-corrected chi connectivity index (χ1v) is 7.29. The Balaban J connectivity index is 1.89. The fourth-order valence-electron chi connectivity index (χ4n) is 1.79. The van der Waals surface area contributed by atoms with E-state index < -0.39 is 0 Å². The van der Waals surface area contributed by atoms with Crippen molar-refractivity contribution >= 4 is 23.4 Å². The van der Waals surface area contributed by atoms with Gasteiger partial charge in [0.05, 0.1) is 12.2 Å². The molecule has 0 saturated carbocycles. The van der Waals surface area contributed by atoms with E-state index >= 15 is 0 Å². The Kier molecular flexibility index (Phi) is 3.63. The lowest BCUT2D eigenvalue weighted by Gasteiger charge is -2.18. The summed E-state index contributed by atoms with van der Waals surface area (Å²) in [5.41, 5.74) is 0.426. The highest BCUT2D eigenvalue weighted by Crippen LogP contribution is 2.32. The second kappa shape index (κ2) is 5.40. The van der Waals surface area contributed by atoms with Gasteiger partial charge in [0.1, 0.15) is 11.9 Å². The van der Waals surface area contributed by atoms with Crippen LogP contribution in [0.4, 0.5) is 0 Å². The average molecular weight is 299 g/mol. The van der Waals surface area contributed by atoms with Crippen LogP contribution in [0.2, 0.25) is 5.02 Å². The highest BCUT2D eigenvalue weighted by atomic mass is 35.5. The predicted molar refractivity (Wildman–Crippen MR) is 72.4 cm³/mol. The maximum atomic E-state index is 9.79. The van der Waals surface area contributed by atoms with E-state index in [9.17, 15) is 5.11 Å². The van der Waals surface area contributed by atoms with Gasteiger partial charge >= 0.3 is 0 Å². The molecular formula is C12H11ClN2O3S. The number of nitrogens with zero attached hydrogens (tertiary/aromatic N) is 2. The van der Waals surface area contributed by atoms with Gasteiger partial charge in [0, 0.05) is 16.5 Å². The number of hydrogen-bond donors (Lipinski definition) is 1. The zero-order valence-corrected chi connectivity index (χ0v) is 11.4. The largest absolute Gasteiger partial charge is 0.507 e. The van der Waals surface area contributed by atoms with Crippen molar-refractivity contribution in [3.63, 3.8) is 0 Å². The van der Waals surface area contributed by atoms with E-state index in [4.69, 9.17) is 20.9 Å². The molecule has 1 aliphatic heterocycles. The first-order chi connectivity index (χ1) is 9.24. The molecule has 1 atom stereocenters. The Bertz CT molecular complexity index is 584. The van der Waals surface area contributed by atoms with Crippen molar-refractivity contribution in [2.24, 2.45) is 0 Å². The Morgan fingerprint density at radius 3 is 3.11 bits per heavy atom. The molecule has 19 heavy (non-hydrogen) atoms. The van der Waals surface area contributed by atoms with Crippen molar-refractivity contribution in [1.29, 1.82) is 0 Å². The molecule has 1 aromatic heterocycles. The summed E-state index contributed by atoms with van der Waals surface area (Å²) in [7, 11) is 0. The molecule has 5 nitrogen and oxygen atoms in total. The fraction of sp³-hybridized carbons (Fsp3) is 0.333. The van der Waals surface area contributed by atoms with Crippen molar-refractivity contribution in [2.75, 3.05) is 18.1 Å². The molecule has 0 aliphatic carbocycles.